The number of urea groups is 1. The van der Waals surface area contributed by atoms with Crippen LogP contribution in [0.15, 0.2) is 87.7 Å². The van der Waals surface area contributed by atoms with Gasteiger partial charge in [0.15, 0.2) is 0 Å². The number of sulfone groups is 1. The fraction of sp³-hybridized carbons (Fsp3) is 0.143. The lowest BCUT2D eigenvalue weighted by Crippen LogP contribution is -2.28. The van der Waals surface area contributed by atoms with E-state index in [1.807, 2.05) is 6.07 Å². The normalized spacial score (nSPS) is 11.7. The molecule has 3 aromatic rings. The van der Waals surface area contributed by atoms with Crippen LogP contribution in [0, 0.1) is 0 Å². The van der Waals surface area contributed by atoms with E-state index >= 15 is 0 Å². The minimum absolute atomic E-state index is 0.0307. The molecule has 2 aromatic carbocycles. The van der Waals surface area contributed by atoms with Crippen molar-refractivity contribution >= 4 is 31.6 Å². The molecule has 168 valence electrons. The van der Waals surface area contributed by atoms with Crippen molar-refractivity contribution in [1.29, 1.82) is 0 Å². The Kier molecular flexibility index (Phi) is 7.23. The Morgan fingerprint density at radius 1 is 0.906 bits per heavy atom. The Labute approximate surface area is 186 Å². The molecule has 0 atom stereocenters. The van der Waals surface area contributed by atoms with Crippen LogP contribution in [0.3, 0.4) is 0 Å². The van der Waals surface area contributed by atoms with Crippen LogP contribution in [0.5, 0.6) is 0 Å². The molecule has 9 nitrogen and oxygen atoms in total. The number of rotatable bonds is 8. The summed E-state index contributed by atoms with van der Waals surface area (Å²) in [5.74, 6) is 0. The second-order valence-electron chi connectivity index (χ2n) is 6.67. The average Bonchev–Trinajstić information content (AvgIpc) is 2.79. The van der Waals surface area contributed by atoms with Gasteiger partial charge in [-0.1, -0.05) is 19.1 Å². The van der Waals surface area contributed by atoms with E-state index in [9.17, 15) is 21.6 Å². The van der Waals surface area contributed by atoms with E-state index in [0.717, 1.165) is 11.6 Å². The highest BCUT2D eigenvalue weighted by Gasteiger charge is 2.21. The molecule has 0 saturated carbocycles. The topological polar surface area (TPSA) is 134 Å². The van der Waals surface area contributed by atoms with E-state index < -0.39 is 25.9 Å². The highest BCUT2D eigenvalue weighted by Crippen LogP contribution is 2.24. The minimum Gasteiger partial charge on any atom is -0.334 e. The Morgan fingerprint density at radius 2 is 1.62 bits per heavy atom. The molecule has 3 rings (SSSR count). The van der Waals surface area contributed by atoms with Crippen LogP contribution in [0.2, 0.25) is 0 Å². The van der Waals surface area contributed by atoms with Gasteiger partial charge in [-0.15, -0.1) is 0 Å². The first kappa shape index (κ1) is 23.4. The number of nitrogens with zero attached hydrogens (tertiary/aromatic N) is 1. The van der Waals surface area contributed by atoms with Crippen LogP contribution in [-0.2, 0) is 26.4 Å². The highest BCUT2D eigenvalue weighted by molar-refractivity contribution is 7.91. The van der Waals surface area contributed by atoms with E-state index in [1.54, 1.807) is 25.4 Å². The predicted octanol–water partition coefficient (Wildman–Crippen LogP) is 2.53. The fourth-order valence-electron chi connectivity index (χ4n) is 2.80. The van der Waals surface area contributed by atoms with Crippen molar-refractivity contribution in [1.82, 2.24) is 15.0 Å². The quantitative estimate of drug-likeness (QED) is 0.459. The first-order valence-corrected chi connectivity index (χ1v) is 12.6. The molecule has 2 amide bonds. The first-order chi connectivity index (χ1) is 15.2. The van der Waals surface area contributed by atoms with Crippen LogP contribution in [0.25, 0.3) is 0 Å². The van der Waals surface area contributed by atoms with Crippen molar-refractivity contribution in [3.05, 3.63) is 78.6 Å². The number of benzene rings is 2. The van der Waals surface area contributed by atoms with E-state index in [4.69, 9.17) is 0 Å². The number of carbonyl (C=O) groups excluding carboxylic acids is 1. The average molecular weight is 475 g/mol. The first-order valence-electron chi connectivity index (χ1n) is 9.61. The van der Waals surface area contributed by atoms with Crippen molar-refractivity contribution in [2.45, 2.75) is 28.2 Å². The zero-order chi connectivity index (χ0) is 23.2. The van der Waals surface area contributed by atoms with Crippen molar-refractivity contribution < 1.29 is 21.6 Å². The molecule has 0 saturated heterocycles. The van der Waals surface area contributed by atoms with Gasteiger partial charge in [-0.25, -0.2) is 26.4 Å². The number of carbonyl (C=O) groups is 1. The zero-order valence-corrected chi connectivity index (χ0v) is 18.8. The van der Waals surface area contributed by atoms with Crippen molar-refractivity contribution in [2.24, 2.45) is 0 Å². The molecule has 0 aliphatic heterocycles. The number of sulfonamides is 1. The Morgan fingerprint density at radius 3 is 2.28 bits per heavy atom. The van der Waals surface area contributed by atoms with Gasteiger partial charge in [-0.3, -0.25) is 4.98 Å². The molecule has 0 radical (unpaired) electrons. The zero-order valence-electron chi connectivity index (χ0n) is 17.1. The van der Waals surface area contributed by atoms with Gasteiger partial charge in [-0.05, 0) is 54.1 Å². The molecule has 3 N–H and O–H groups in total. The maximum atomic E-state index is 12.9. The van der Waals surface area contributed by atoms with Gasteiger partial charge in [-0.2, -0.15) is 0 Å². The molecule has 32 heavy (non-hydrogen) atoms. The number of amides is 2. The number of hydrogen-bond donors (Lipinski definition) is 3. The van der Waals surface area contributed by atoms with Crippen LogP contribution in [-0.4, -0.2) is 34.4 Å². The summed E-state index contributed by atoms with van der Waals surface area (Å²) in [6.45, 7) is 2.11. The van der Waals surface area contributed by atoms with E-state index in [-0.39, 0.29) is 27.8 Å². The molecule has 0 aliphatic rings. The molecule has 0 fully saturated rings. The number of anilines is 1. The number of hydrogen-bond acceptors (Lipinski definition) is 6. The maximum Gasteiger partial charge on any atom is 0.319 e. The SMILES string of the molecule is CCNS(=O)(=O)c1cccc(S(=O)(=O)c2ccc(NC(=O)NCc3cccnc3)cc2)c1. The molecular weight excluding hydrogens is 452 g/mol. The Hall–Kier alpha value is -3.28. The summed E-state index contributed by atoms with van der Waals surface area (Å²) in [4.78, 5) is 15.7. The number of aromatic nitrogens is 1. The van der Waals surface area contributed by atoms with E-state index in [0.29, 0.717) is 5.69 Å². The third kappa shape index (κ3) is 5.69. The molecule has 1 heterocycles. The van der Waals surface area contributed by atoms with Gasteiger partial charge >= 0.3 is 6.03 Å². The lowest BCUT2D eigenvalue weighted by Gasteiger charge is -2.10. The fourth-order valence-corrected chi connectivity index (χ4v) is 5.26. The molecule has 0 unspecified atom stereocenters. The Balaban J connectivity index is 1.72. The molecule has 1 aromatic heterocycles. The van der Waals surface area contributed by atoms with Crippen LogP contribution >= 0.6 is 0 Å². The van der Waals surface area contributed by atoms with Crippen molar-refractivity contribution in [3.63, 3.8) is 0 Å². The lowest BCUT2D eigenvalue weighted by molar-refractivity contribution is 0.251. The summed E-state index contributed by atoms with van der Waals surface area (Å²) in [7, 11) is -7.75. The van der Waals surface area contributed by atoms with Crippen molar-refractivity contribution in [2.75, 3.05) is 11.9 Å². The van der Waals surface area contributed by atoms with Gasteiger partial charge < -0.3 is 10.6 Å². The third-order valence-corrected chi connectivity index (χ3v) is 7.67. The minimum atomic E-state index is -3.96. The predicted molar refractivity (Wildman–Crippen MR) is 119 cm³/mol. The van der Waals surface area contributed by atoms with Gasteiger partial charge in [0.2, 0.25) is 19.9 Å². The van der Waals surface area contributed by atoms with Crippen LogP contribution in [0.4, 0.5) is 10.5 Å². The summed E-state index contributed by atoms with van der Waals surface area (Å²) in [6.07, 6.45) is 3.27. The summed E-state index contributed by atoms with van der Waals surface area (Å²) >= 11 is 0. The molecular formula is C21H22N4O5S2. The molecule has 0 bridgehead atoms. The lowest BCUT2D eigenvalue weighted by atomic mass is 10.3. The van der Waals surface area contributed by atoms with Crippen LogP contribution in [0.1, 0.15) is 12.5 Å². The van der Waals surface area contributed by atoms with Gasteiger partial charge in [0, 0.05) is 31.2 Å². The second kappa shape index (κ2) is 9.90. The standard InChI is InChI=1S/C21H22N4O5S2/c1-2-24-32(29,30)20-7-3-6-19(13-20)31(27,28)18-10-8-17(9-11-18)25-21(26)23-15-16-5-4-12-22-14-16/h3-14,24H,2,15H2,1H3,(H2,23,25,26). The van der Waals surface area contributed by atoms with E-state index in [1.165, 1.54) is 42.5 Å². The van der Waals surface area contributed by atoms with Gasteiger partial charge in [0.25, 0.3) is 0 Å². The largest absolute Gasteiger partial charge is 0.334 e. The van der Waals surface area contributed by atoms with Crippen LogP contribution < -0.4 is 15.4 Å². The molecule has 0 spiro atoms. The summed E-state index contributed by atoms with van der Waals surface area (Å²) in [5.41, 5.74) is 1.23. The van der Waals surface area contributed by atoms with Gasteiger partial charge in [0.05, 0.1) is 14.7 Å². The smallest absolute Gasteiger partial charge is 0.319 e. The van der Waals surface area contributed by atoms with Crippen molar-refractivity contribution in [3.8, 4) is 0 Å². The monoisotopic (exact) mass is 474 g/mol. The third-order valence-electron chi connectivity index (χ3n) is 4.36. The van der Waals surface area contributed by atoms with E-state index in [2.05, 4.69) is 20.3 Å². The summed E-state index contributed by atoms with van der Waals surface area (Å²) in [5, 5.41) is 5.30. The Bertz CT molecular complexity index is 1290. The summed E-state index contributed by atoms with van der Waals surface area (Å²) in [6, 6.07) is 13.9. The molecule has 0 aliphatic carbocycles. The second-order valence-corrected chi connectivity index (χ2v) is 10.4. The molecule has 11 heteroatoms. The van der Waals surface area contributed by atoms with Gasteiger partial charge in [0.1, 0.15) is 0 Å². The maximum absolute atomic E-state index is 12.9. The number of pyridine rings is 1. The highest BCUT2D eigenvalue weighted by atomic mass is 32.2. The summed E-state index contributed by atoms with van der Waals surface area (Å²) < 4.78 is 52.6. The number of nitrogens with one attached hydrogen (secondary N) is 3.